The van der Waals surface area contributed by atoms with Crippen molar-refractivity contribution in [2.24, 2.45) is 4.99 Å². The summed E-state index contributed by atoms with van der Waals surface area (Å²) in [7, 11) is 1.72. The van der Waals surface area contributed by atoms with E-state index in [1.807, 2.05) is 35.2 Å². The van der Waals surface area contributed by atoms with Crippen LogP contribution < -0.4 is 15.5 Å². The van der Waals surface area contributed by atoms with Crippen LogP contribution in [0.2, 0.25) is 0 Å². The first-order chi connectivity index (χ1) is 13.7. The third-order valence-corrected chi connectivity index (χ3v) is 5.09. The summed E-state index contributed by atoms with van der Waals surface area (Å²) in [4.78, 5) is 21.0. The third-order valence-electron chi connectivity index (χ3n) is 5.09. The molecule has 0 spiro atoms. The Bertz CT molecular complexity index is 798. The fraction of sp³-hybridized carbons (Fsp3) is 0.364. The molecule has 0 unspecified atom stereocenters. The Kier molecular flexibility index (Phi) is 6.89. The fourth-order valence-electron chi connectivity index (χ4n) is 3.33. The Hall–Kier alpha value is -3.02. The third kappa shape index (κ3) is 5.25. The minimum Gasteiger partial charge on any atom is -0.368 e. The van der Waals surface area contributed by atoms with Crippen molar-refractivity contribution in [1.29, 1.82) is 0 Å². The van der Waals surface area contributed by atoms with Gasteiger partial charge < -0.3 is 20.4 Å². The van der Waals surface area contributed by atoms with Gasteiger partial charge in [-0.3, -0.25) is 9.79 Å². The van der Waals surface area contributed by atoms with Crippen molar-refractivity contribution in [2.45, 2.75) is 13.5 Å². The summed E-state index contributed by atoms with van der Waals surface area (Å²) < 4.78 is 0. The van der Waals surface area contributed by atoms with E-state index in [0.29, 0.717) is 12.5 Å². The lowest BCUT2D eigenvalue weighted by atomic mass is 10.1. The number of anilines is 1. The molecular formula is C22H29N5O. The number of benzene rings is 2. The zero-order valence-electron chi connectivity index (χ0n) is 16.7. The maximum Gasteiger partial charge on any atom is 0.242 e. The number of guanidine groups is 1. The number of hydrogen-bond acceptors (Lipinski definition) is 3. The van der Waals surface area contributed by atoms with E-state index in [9.17, 15) is 4.79 Å². The maximum absolute atomic E-state index is 12.6. The quantitative estimate of drug-likeness (QED) is 0.616. The molecule has 3 rings (SSSR count). The molecular weight excluding hydrogens is 350 g/mol. The van der Waals surface area contributed by atoms with Gasteiger partial charge in [0.15, 0.2) is 5.96 Å². The predicted molar refractivity (Wildman–Crippen MR) is 115 cm³/mol. The molecule has 0 aromatic heterocycles. The molecule has 148 valence electrons. The smallest absolute Gasteiger partial charge is 0.242 e. The molecule has 1 aliphatic heterocycles. The minimum atomic E-state index is 0.103. The van der Waals surface area contributed by atoms with Crippen LogP contribution in [0.15, 0.2) is 59.6 Å². The molecule has 2 N–H and O–H groups in total. The van der Waals surface area contributed by atoms with Crippen LogP contribution in [0, 0.1) is 6.92 Å². The van der Waals surface area contributed by atoms with Crippen molar-refractivity contribution in [1.82, 2.24) is 15.5 Å². The number of aryl methyl sites for hydroxylation is 1. The highest BCUT2D eigenvalue weighted by Gasteiger charge is 2.21. The topological polar surface area (TPSA) is 60.0 Å². The number of para-hydroxylation sites is 1. The molecule has 6 nitrogen and oxygen atoms in total. The fourth-order valence-corrected chi connectivity index (χ4v) is 3.33. The second-order valence-corrected chi connectivity index (χ2v) is 6.91. The second kappa shape index (κ2) is 9.78. The number of hydrogen-bond donors (Lipinski definition) is 2. The Balaban J connectivity index is 1.42. The number of carbonyl (C=O) groups is 1. The first kappa shape index (κ1) is 19.7. The first-order valence-corrected chi connectivity index (χ1v) is 9.74. The van der Waals surface area contributed by atoms with Crippen LogP contribution in [0.25, 0.3) is 0 Å². The predicted octanol–water partition coefficient (Wildman–Crippen LogP) is 2.01. The molecule has 0 aliphatic carbocycles. The van der Waals surface area contributed by atoms with Crippen molar-refractivity contribution in [2.75, 3.05) is 44.7 Å². The van der Waals surface area contributed by atoms with Gasteiger partial charge in [-0.1, -0.05) is 42.5 Å². The van der Waals surface area contributed by atoms with Crippen molar-refractivity contribution in [3.8, 4) is 0 Å². The Labute approximate surface area is 167 Å². The molecule has 1 saturated heterocycles. The highest BCUT2D eigenvalue weighted by Crippen LogP contribution is 2.15. The molecule has 1 aliphatic rings. The molecule has 0 radical (unpaired) electrons. The van der Waals surface area contributed by atoms with Gasteiger partial charge in [0.1, 0.15) is 0 Å². The van der Waals surface area contributed by atoms with E-state index in [4.69, 9.17) is 0 Å². The largest absolute Gasteiger partial charge is 0.368 e. The Morgan fingerprint density at radius 1 is 0.964 bits per heavy atom. The van der Waals surface area contributed by atoms with E-state index in [0.717, 1.165) is 26.2 Å². The maximum atomic E-state index is 12.6. The zero-order valence-corrected chi connectivity index (χ0v) is 16.7. The first-order valence-electron chi connectivity index (χ1n) is 9.74. The van der Waals surface area contributed by atoms with Gasteiger partial charge in [-0.05, 0) is 30.2 Å². The molecule has 0 saturated carbocycles. The van der Waals surface area contributed by atoms with Crippen molar-refractivity contribution in [3.63, 3.8) is 0 Å². The summed E-state index contributed by atoms with van der Waals surface area (Å²) in [5, 5.41) is 6.41. The minimum absolute atomic E-state index is 0.103. The van der Waals surface area contributed by atoms with Gasteiger partial charge in [-0.25, -0.2) is 0 Å². The number of nitrogens with zero attached hydrogens (tertiary/aromatic N) is 3. The summed E-state index contributed by atoms with van der Waals surface area (Å²) in [5.41, 5.74) is 3.67. The molecule has 1 amide bonds. The second-order valence-electron chi connectivity index (χ2n) is 6.91. The van der Waals surface area contributed by atoms with Crippen LogP contribution in [0.3, 0.4) is 0 Å². The lowest BCUT2D eigenvalue weighted by Gasteiger charge is -2.36. The summed E-state index contributed by atoms with van der Waals surface area (Å²) in [6, 6.07) is 18.6. The number of amides is 1. The molecule has 28 heavy (non-hydrogen) atoms. The molecule has 0 bridgehead atoms. The average molecular weight is 380 g/mol. The summed E-state index contributed by atoms with van der Waals surface area (Å²) in [6.45, 7) is 6.21. The van der Waals surface area contributed by atoms with Crippen LogP contribution >= 0.6 is 0 Å². The normalized spacial score (nSPS) is 14.7. The van der Waals surface area contributed by atoms with Gasteiger partial charge in [0, 0.05) is 45.5 Å². The van der Waals surface area contributed by atoms with Crippen molar-refractivity contribution >= 4 is 17.6 Å². The monoisotopic (exact) mass is 379 g/mol. The van der Waals surface area contributed by atoms with Crippen LogP contribution in [0.5, 0.6) is 0 Å². The van der Waals surface area contributed by atoms with E-state index >= 15 is 0 Å². The molecule has 2 aromatic rings. The van der Waals surface area contributed by atoms with Gasteiger partial charge in [-0.2, -0.15) is 0 Å². The number of rotatable bonds is 5. The Morgan fingerprint density at radius 2 is 1.64 bits per heavy atom. The van der Waals surface area contributed by atoms with Gasteiger partial charge in [0.25, 0.3) is 0 Å². The number of aliphatic imine (C=N–C) groups is 1. The van der Waals surface area contributed by atoms with Gasteiger partial charge >= 0.3 is 0 Å². The van der Waals surface area contributed by atoms with Crippen molar-refractivity contribution < 1.29 is 4.79 Å². The van der Waals surface area contributed by atoms with Gasteiger partial charge in [0.2, 0.25) is 5.91 Å². The van der Waals surface area contributed by atoms with Crippen molar-refractivity contribution in [3.05, 3.63) is 65.7 Å². The van der Waals surface area contributed by atoms with Gasteiger partial charge in [0.05, 0.1) is 6.54 Å². The van der Waals surface area contributed by atoms with Crippen LogP contribution in [-0.4, -0.2) is 56.5 Å². The van der Waals surface area contributed by atoms with Crippen LogP contribution in [0.1, 0.15) is 11.1 Å². The number of carbonyl (C=O) groups excluding carboxylic acids is 1. The summed E-state index contributed by atoms with van der Waals surface area (Å²) in [5.74, 6) is 0.742. The molecule has 1 heterocycles. The SMILES string of the molecule is CN=C(NCC(=O)N1CCN(c2ccccc2)CC1)NCc1ccccc1C. The van der Waals surface area contributed by atoms with Crippen LogP contribution in [0.4, 0.5) is 5.69 Å². The number of piperazine rings is 1. The Morgan fingerprint density at radius 3 is 2.32 bits per heavy atom. The summed E-state index contributed by atoms with van der Waals surface area (Å²) in [6.07, 6.45) is 0. The summed E-state index contributed by atoms with van der Waals surface area (Å²) >= 11 is 0. The van der Waals surface area contributed by atoms with E-state index in [1.165, 1.54) is 16.8 Å². The average Bonchev–Trinajstić information content (AvgIpc) is 2.75. The number of nitrogens with one attached hydrogen (secondary N) is 2. The van der Waals surface area contributed by atoms with E-state index < -0.39 is 0 Å². The van der Waals surface area contributed by atoms with E-state index in [1.54, 1.807) is 7.05 Å². The van der Waals surface area contributed by atoms with Gasteiger partial charge in [-0.15, -0.1) is 0 Å². The lowest BCUT2D eigenvalue weighted by Crippen LogP contribution is -2.52. The highest BCUT2D eigenvalue weighted by molar-refractivity contribution is 5.86. The molecule has 6 heteroatoms. The standard InChI is InChI=1S/C22H29N5O/c1-18-8-6-7-9-19(18)16-24-22(23-2)25-17-21(28)27-14-12-26(13-15-27)20-10-4-3-5-11-20/h3-11H,12-17H2,1-2H3,(H2,23,24,25). The zero-order chi connectivity index (χ0) is 19.8. The van der Waals surface area contributed by atoms with E-state index in [-0.39, 0.29) is 12.5 Å². The molecule has 1 fully saturated rings. The highest BCUT2D eigenvalue weighted by atomic mass is 16.2. The lowest BCUT2D eigenvalue weighted by molar-refractivity contribution is -0.130. The van der Waals surface area contributed by atoms with Crippen LogP contribution in [-0.2, 0) is 11.3 Å². The van der Waals surface area contributed by atoms with E-state index in [2.05, 4.69) is 51.7 Å². The molecule has 0 atom stereocenters. The molecule has 2 aromatic carbocycles.